The minimum Gasteiger partial charge on any atom is -0.497 e. The van der Waals surface area contributed by atoms with E-state index in [0.29, 0.717) is 22.9 Å². The molecule has 5 aromatic carbocycles. The molecule has 0 radical (unpaired) electrons. The first kappa shape index (κ1) is 36.4. The highest BCUT2D eigenvalue weighted by Crippen LogP contribution is 2.43. The molecule has 0 spiro atoms. The normalized spacial score (nSPS) is 16.8. The molecule has 0 unspecified atom stereocenters. The van der Waals surface area contributed by atoms with E-state index in [1.54, 1.807) is 43.1 Å². The Morgan fingerprint density at radius 2 is 1.27 bits per heavy atom. The number of nitrogens with zero attached hydrogens (tertiary/aromatic N) is 5. The molecule has 12 heteroatoms. The number of hydrogen-bond acceptors (Lipinski definition) is 9. The van der Waals surface area contributed by atoms with Crippen molar-refractivity contribution in [2.24, 2.45) is 0 Å². The van der Waals surface area contributed by atoms with Gasteiger partial charge in [-0.1, -0.05) is 91.0 Å². The zero-order valence-electron chi connectivity index (χ0n) is 30.7. The van der Waals surface area contributed by atoms with Crippen LogP contribution in [-0.2, 0) is 15.1 Å². The number of methoxy groups -OCH3 is 2. The van der Waals surface area contributed by atoms with Gasteiger partial charge in [0.1, 0.15) is 35.8 Å². The summed E-state index contributed by atoms with van der Waals surface area (Å²) in [4.78, 5) is 38.2. The minimum atomic E-state index is -1.12. The standard InChI is InChI=1S/C44H39N5O7/c1-53-35-22-18-31(19-23-35)44(30-12-6-3-7-13-30,32-20-24-36(54-2)25-21-32)55-27-38-37(50)26-39(56-38)47-28-45-40-41(47)46-29-48(42(40)51)43(52)49(33-14-8-4-9-15-33)34-16-10-5-11-17-34/h3-25,28-29,37-39,50H,26-27H2,1-2H3/t37-,38-,39-/m1/s1. The molecular formula is C44H39N5O7. The Hall–Kier alpha value is -6.60. The molecule has 3 atom stereocenters. The van der Waals surface area contributed by atoms with Gasteiger partial charge in [-0.2, -0.15) is 0 Å². The third-order valence-electron chi connectivity index (χ3n) is 10.1. The molecule has 56 heavy (non-hydrogen) atoms. The molecule has 1 amide bonds. The van der Waals surface area contributed by atoms with E-state index in [9.17, 15) is 14.7 Å². The first-order valence-electron chi connectivity index (χ1n) is 18.1. The van der Waals surface area contributed by atoms with Crippen LogP contribution in [0.3, 0.4) is 0 Å². The van der Waals surface area contributed by atoms with E-state index in [1.165, 1.54) is 17.6 Å². The minimum absolute atomic E-state index is 0.000785. The largest absolute Gasteiger partial charge is 0.497 e. The lowest BCUT2D eigenvalue weighted by molar-refractivity contribution is -0.0931. The molecular weight excluding hydrogens is 711 g/mol. The van der Waals surface area contributed by atoms with Crippen molar-refractivity contribution in [2.45, 2.75) is 30.5 Å². The first-order chi connectivity index (χ1) is 27.4. The summed E-state index contributed by atoms with van der Waals surface area (Å²) in [6.07, 6.45) is 0.425. The van der Waals surface area contributed by atoms with Gasteiger partial charge in [-0.05, 0) is 65.2 Å². The summed E-state index contributed by atoms with van der Waals surface area (Å²) in [5.41, 5.74) is 2.17. The Bertz CT molecular complexity index is 2390. The third-order valence-corrected chi connectivity index (χ3v) is 10.1. The van der Waals surface area contributed by atoms with E-state index < -0.39 is 35.6 Å². The molecule has 2 aromatic heterocycles. The number of imidazole rings is 1. The second-order valence-corrected chi connectivity index (χ2v) is 13.3. The number of ether oxygens (including phenoxy) is 4. The van der Waals surface area contributed by atoms with Gasteiger partial charge in [0.05, 0.1) is 44.6 Å². The van der Waals surface area contributed by atoms with Crippen LogP contribution in [0.1, 0.15) is 29.3 Å². The quantitative estimate of drug-likeness (QED) is 0.138. The Labute approximate surface area is 322 Å². The predicted octanol–water partition coefficient (Wildman–Crippen LogP) is 7.07. The number of rotatable bonds is 11. The number of fused-ring (bicyclic) bond motifs is 1. The van der Waals surface area contributed by atoms with Gasteiger partial charge < -0.3 is 24.1 Å². The molecule has 3 heterocycles. The molecule has 1 aliphatic rings. The fourth-order valence-corrected chi connectivity index (χ4v) is 7.21. The topological polar surface area (TPSA) is 130 Å². The van der Waals surface area contributed by atoms with Crippen LogP contribution in [0.4, 0.5) is 16.2 Å². The smallest absolute Gasteiger partial charge is 0.341 e. The van der Waals surface area contributed by atoms with E-state index in [4.69, 9.17) is 18.9 Å². The third kappa shape index (κ3) is 6.70. The molecule has 282 valence electrons. The summed E-state index contributed by atoms with van der Waals surface area (Å²) in [6, 6.07) is 42.8. The van der Waals surface area contributed by atoms with Gasteiger partial charge in [-0.25, -0.2) is 19.3 Å². The number of hydrogen-bond donors (Lipinski definition) is 1. The van der Waals surface area contributed by atoms with Gasteiger partial charge in [-0.15, -0.1) is 0 Å². The molecule has 1 fully saturated rings. The van der Waals surface area contributed by atoms with Crippen LogP contribution in [0.2, 0.25) is 0 Å². The van der Waals surface area contributed by atoms with Crippen molar-refractivity contribution < 1.29 is 28.8 Å². The van der Waals surface area contributed by atoms with E-state index >= 15 is 0 Å². The van der Waals surface area contributed by atoms with E-state index in [1.807, 2.05) is 115 Å². The Balaban J connectivity index is 1.09. The number of benzene rings is 5. The predicted molar refractivity (Wildman–Crippen MR) is 210 cm³/mol. The Morgan fingerprint density at radius 1 is 0.750 bits per heavy atom. The number of para-hydroxylation sites is 2. The van der Waals surface area contributed by atoms with Gasteiger partial charge in [-0.3, -0.25) is 14.3 Å². The number of amides is 1. The Kier molecular flexibility index (Phi) is 10.2. The maximum Gasteiger partial charge on any atom is 0.341 e. The maximum absolute atomic E-state index is 14.0. The van der Waals surface area contributed by atoms with Crippen LogP contribution in [0.5, 0.6) is 11.5 Å². The highest BCUT2D eigenvalue weighted by atomic mass is 16.6. The number of aliphatic hydroxyl groups excluding tert-OH is 1. The summed E-state index contributed by atoms with van der Waals surface area (Å²) in [7, 11) is 3.24. The summed E-state index contributed by atoms with van der Waals surface area (Å²) < 4.78 is 26.9. The maximum atomic E-state index is 14.0. The molecule has 12 nitrogen and oxygen atoms in total. The van der Waals surface area contributed by atoms with Crippen molar-refractivity contribution in [3.63, 3.8) is 0 Å². The van der Waals surface area contributed by atoms with Crippen molar-refractivity contribution in [3.05, 3.63) is 179 Å². The average Bonchev–Trinajstić information content (AvgIpc) is 3.86. The lowest BCUT2D eigenvalue weighted by Gasteiger charge is -2.37. The van der Waals surface area contributed by atoms with Crippen LogP contribution in [0, 0.1) is 0 Å². The Morgan fingerprint density at radius 3 is 1.80 bits per heavy atom. The fourth-order valence-electron chi connectivity index (χ4n) is 7.21. The zero-order valence-corrected chi connectivity index (χ0v) is 30.7. The highest BCUT2D eigenvalue weighted by molar-refractivity contribution is 6.01. The molecule has 7 aromatic rings. The second kappa shape index (κ2) is 15.6. The van der Waals surface area contributed by atoms with Crippen molar-refractivity contribution in [2.75, 3.05) is 25.7 Å². The van der Waals surface area contributed by atoms with E-state index in [0.717, 1.165) is 21.3 Å². The number of carbonyl (C=O) groups is 1. The number of anilines is 2. The summed E-state index contributed by atoms with van der Waals surface area (Å²) in [5, 5.41) is 11.4. The lowest BCUT2D eigenvalue weighted by Crippen LogP contribution is -2.38. The van der Waals surface area contributed by atoms with Crippen LogP contribution >= 0.6 is 0 Å². The molecule has 0 bridgehead atoms. The molecule has 0 saturated carbocycles. The van der Waals surface area contributed by atoms with E-state index in [2.05, 4.69) is 9.97 Å². The molecule has 8 rings (SSSR count). The molecule has 1 N–H and O–H groups in total. The lowest BCUT2D eigenvalue weighted by atomic mass is 9.80. The van der Waals surface area contributed by atoms with Gasteiger partial charge in [0.25, 0.3) is 5.56 Å². The zero-order chi connectivity index (χ0) is 38.6. The first-order valence-corrected chi connectivity index (χ1v) is 18.1. The van der Waals surface area contributed by atoms with Gasteiger partial charge in [0.15, 0.2) is 11.2 Å². The van der Waals surface area contributed by atoms with Crippen molar-refractivity contribution in [1.29, 1.82) is 0 Å². The second-order valence-electron chi connectivity index (χ2n) is 13.3. The monoisotopic (exact) mass is 749 g/mol. The average molecular weight is 750 g/mol. The summed E-state index contributed by atoms with van der Waals surface area (Å²) >= 11 is 0. The molecule has 0 aliphatic carbocycles. The van der Waals surface area contributed by atoms with Crippen molar-refractivity contribution in [1.82, 2.24) is 19.1 Å². The fraction of sp³-hybridized carbons (Fsp3) is 0.182. The SMILES string of the molecule is COc1ccc(C(OC[C@H]2O[C@@H](n3cnc4c(=O)n(C(=O)N(c5ccccc5)c5ccccc5)cnc43)C[C@H]2O)(c2ccccc2)c2ccc(OC)cc2)cc1. The van der Waals surface area contributed by atoms with Gasteiger partial charge in [0.2, 0.25) is 0 Å². The number of aliphatic hydroxyl groups is 1. The van der Waals surface area contributed by atoms with Crippen LogP contribution < -0.4 is 19.9 Å². The van der Waals surface area contributed by atoms with Gasteiger partial charge >= 0.3 is 6.03 Å². The van der Waals surface area contributed by atoms with E-state index in [-0.39, 0.29) is 24.2 Å². The number of carbonyl (C=O) groups excluding carboxylic acids is 1. The summed E-state index contributed by atoms with van der Waals surface area (Å²) in [6.45, 7) is 0.000785. The highest BCUT2D eigenvalue weighted by Gasteiger charge is 2.42. The van der Waals surface area contributed by atoms with Crippen LogP contribution in [-0.4, -0.2) is 63.3 Å². The van der Waals surface area contributed by atoms with Crippen LogP contribution in [0.25, 0.3) is 11.2 Å². The summed E-state index contributed by atoms with van der Waals surface area (Å²) in [5.74, 6) is 1.40. The molecule has 1 aliphatic heterocycles. The molecule has 1 saturated heterocycles. The van der Waals surface area contributed by atoms with Crippen molar-refractivity contribution in [3.8, 4) is 11.5 Å². The van der Waals surface area contributed by atoms with Crippen LogP contribution in [0.15, 0.2) is 157 Å². The van der Waals surface area contributed by atoms with Gasteiger partial charge in [0, 0.05) is 6.42 Å². The van der Waals surface area contributed by atoms with Crippen molar-refractivity contribution >= 4 is 28.6 Å². The number of aromatic nitrogens is 4.